The van der Waals surface area contributed by atoms with Crippen LogP contribution in [0.5, 0.6) is 0 Å². The summed E-state index contributed by atoms with van der Waals surface area (Å²) in [5, 5.41) is 15.4. The largest absolute Gasteiger partial charge is 0.480 e. The third kappa shape index (κ3) is 7.02. The normalized spacial score (nSPS) is 14.6. The number of hydrogen-bond acceptors (Lipinski definition) is 5. The fourth-order valence-electron chi connectivity index (χ4n) is 1.40. The van der Waals surface area contributed by atoms with E-state index < -0.39 is 48.4 Å². The minimum atomic E-state index is -1.19. The molecular weight excluding hydrogens is 292 g/mol. The van der Waals surface area contributed by atoms with Crippen molar-refractivity contribution in [3.05, 3.63) is 0 Å². The van der Waals surface area contributed by atoms with E-state index in [1.165, 1.54) is 13.8 Å². The number of carboxylic acids is 1. The summed E-state index contributed by atoms with van der Waals surface area (Å²) in [6.45, 7) is 5.90. The Morgan fingerprint density at radius 2 is 1.36 bits per heavy atom. The summed E-state index contributed by atoms with van der Waals surface area (Å²) in [5.74, 6) is -2.91. The van der Waals surface area contributed by atoms with E-state index in [9.17, 15) is 19.2 Å². The molecule has 0 radical (unpaired) electrons. The molecule has 3 amide bonds. The van der Waals surface area contributed by atoms with Crippen LogP contribution < -0.4 is 21.7 Å². The highest BCUT2D eigenvalue weighted by Crippen LogP contribution is 1.98. The molecule has 0 aliphatic rings. The van der Waals surface area contributed by atoms with Gasteiger partial charge in [0.2, 0.25) is 17.7 Å². The van der Waals surface area contributed by atoms with E-state index >= 15 is 0 Å². The van der Waals surface area contributed by atoms with E-state index in [1.54, 1.807) is 13.8 Å². The summed E-state index contributed by atoms with van der Waals surface area (Å²) in [7, 11) is 0. The average molecular weight is 316 g/mol. The topological polar surface area (TPSA) is 151 Å². The van der Waals surface area contributed by atoms with Gasteiger partial charge in [-0.15, -0.1) is 0 Å². The maximum absolute atomic E-state index is 11.9. The van der Waals surface area contributed by atoms with Gasteiger partial charge in [-0.1, -0.05) is 13.8 Å². The van der Waals surface area contributed by atoms with E-state index in [4.69, 9.17) is 10.8 Å². The van der Waals surface area contributed by atoms with Crippen molar-refractivity contribution >= 4 is 23.7 Å². The van der Waals surface area contributed by atoms with Crippen LogP contribution in [-0.2, 0) is 19.2 Å². The molecule has 0 heterocycles. The molecule has 0 aromatic rings. The highest BCUT2D eigenvalue weighted by atomic mass is 16.4. The SMILES string of the molecule is CC(C)[C@H](N)C(=O)N[C@@H](C)C(=O)N[C@@H](C)C(=O)NCC(=O)O. The minimum Gasteiger partial charge on any atom is -0.480 e. The van der Waals surface area contributed by atoms with E-state index in [2.05, 4.69) is 16.0 Å². The van der Waals surface area contributed by atoms with Crippen LogP contribution in [0.25, 0.3) is 0 Å². The number of carbonyl (C=O) groups is 4. The van der Waals surface area contributed by atoms with Gasteiger partial charge in [0.1, 0.15) is 18.6 Å². The lowest BCUT2D eigenvalue weighted by atomic mass is 10.0. The highest BCUT2D eigenvalue weighted by molar-refractivity contribution is 5.93. The van der Waals surface area contributed by atoms with E-state index in [0.29, 0.717) is 0 Å². The first-order valence-electron chi connectivity index (χ1n) is 6.92. The molecular formula is C13H24N4O5. The number of amides is 3. The Morgan fingerprint density at radius 1 is 0.909 bits per heavy atom. The van der Waals surface area contributed by atoms with Crippen molar-refractivity contribution in [2.75, 3.05) is 6.54 Å². The summed E-state index contributed by atoms with van der Waals surface area (Å²) in [5.41, 5.74) is 5.66. The molecule has 0 unspecified atom stereocenters. The zero-order chi connectivity index (χ0) is 17.4. The van der Waals surface area contributed by atoms with Gasteiger partial charge in [-0.2, -0.15) is 0 Å². The van der Waals surface area contributed by atoms with Gasteiger partial charge in [-0.3, -0.25) is 19.2 Å². The number of aliphatic carboxylic acids is 1. The molecule has 0 aromatic carbocycles. The van der Waals surface area contributed by atoms with Crippen molar-refractivity contribution in [2.45, 2.75) is 45.8 Å². The lowest BCUT2D eigenvalue weighted by molar-refractivity contribution is -0.138. The summed E-state index contributed by atoms with van der Waals surface area (Å²) in [6.07, 6.45) is 0. The molecule has 0 fully saturated rings. The smallest absolute Gasteiger partial charge is 0.322 e. The van der Waals surface area contributed by atoms with Crippen LogP contribution in [0, 0.1) is 5.92 Å². The highest BCUT2D eigenvalue weighted by Gasteiger charge is 2.24. The minimum absolute atomic E-state index is 0.0732. The molecule has 6 N–H and O–H groups in total. The van der Waals surface area contributed by atoms with Crippen LogP contribution in [0.4, 0.5) is 0 Å². The van der Waals surface area contributed by atoms with Gasteiger partial charge in [0.25, 0.3) is 0 Å². The number of nitrogens with one attached hydrogen (secondary N) is 3. The first-order chi connectivity index (χ1) is 10.1. The standard InChI is InChI=1S/C13H24N4O5/c1-6(2)10(14)13(22)17-8(4)12(21)16-7(3)11(20)15-5-9(18)19/h6-8,10H,5,14H2,1-4H3,(H,15,20)(H,16,21)(H,17,22)(H,18,19)/t7-,8-,10-/m0/s1. The van der Waals surface area contributed by atoms with Gasteiger partial charge >= 0.3 is 5.97 Å². The molecule has 0 saturated carbocycles. The fraction of sp³-hybridized carbons (Fsp3) is 0.692. The van der Waals surface area contributed by atoms with E-state index in [-0.39, 0.29) is 5.92 Å². The predicted octanol–water partition coefficient (Wildman–Crippen LogP) is -1.82. The van der Waals surface area contributed by atoms with Gasteiger partial charge in [-0.05, 0) is 19.8 Å². The van der Waals surface area contributed by atoms with Crippen molar-refractivity contribution in [3.63, 3.8) is 0 Å². The quantitative estimate of drug-likeness (QED) is 0.356. The first kappa shape index (κ1) is 19.8. The number of carbonyl (C=O) groups excluding carboxylic acids is 3. The maximum atomic E-state index is 11.9. The zero-order valence-electron chi connectivity index (χ0n) is 13.2. The van der Waals surface area contributed by atoms with Gasteiger partial charge in [0.15, 0.2) is 0 Å². The van der Waals surface area contributed by atoms with E-state index in [1.807, 2.05) is 0 Å². The predicted molar refractivity (Wildman–Crippen MR) is 78.7 cm³/mol. The molecule has 0 aliphatic carbocycles. The molecule has 9 heteroatoms. The van der Waals surface area contributed by atoms with Gasteiger partial charge < -0.3 is 26.8 Å². The van der Waals surface area contributed by atoms with Crippen LogP contribution in [0.3, 0.4) is 0 Å². The molecule has 0 aromatic heterocycles. The first-order valence-corrected chi connectivity index (χ1v) is 6.92. The summed E-state index contributed by atoms with van der Waals surface area (Å²) < 4.78 is 0. The van der Waals surface area contributed by atoms with Gasteiger partial charge in [-0.25, -0.2) is 0 Å². The number of rotatable bonds is 8. The second-order valence-corrected chi connectivity index (χ2v) is 5.34. The monoisotopic (exact) mass is 316 g/mol. The van der Waals surface area contributed by atoms with Crippen molar-refractivity contribution in [2.24, 2.45) is 11.7 Å². The Hall–Kier alpha value is -2.16. The van der Waals surface area contributed by atoms with Crippen LogP contribution in [-0.4, -0.2) is 53.5 Å². The average Bonchev–Trinajstić information content (AvgIpc) is 2.42. The number of carboxylic acid groups (broad SMARTS) is 1. The Labute approximate surface area is 129 Å². The van der Waals surface area contributed by atoms with Crippen LogP contribution in [0.2, 0.25) is 0 Å². The van der Waals surface area contributed by atoms with Crippen molar-refractivity contribution in [1.29, 1.82) is 0 Å². The van der Waals surface area contributed by atoms with E-state index in [0.717, 1.165) is 0 Å². The van der Waals surface area contributed by atoms with Gasteiger partial charge in [0, 0.05) is 0 Å². The molecule has 3 atom stereocenters. The fourth-order valence-corrected chi connectivity index (χ4v) is 1.40. The molecule has 9 nitrogen and oxygen atoms in total. The lowest BCUT2D eigenvalue weighted by Gasteiger charge is -2.21. The molecule has 0 spiro atoms. The molecule has 0 saturated heterocycles. The molecule has 0 rings (SSSR count). The number of hydrogen-bond donors (Lipinski definition) is 5. The van der Waals surface area contributed by atoms with Crippen LogP contribution >= 0.6 is 0 Å². The Kier molecular flexibility index (Phi) is 8.10. The lowest BCUT2D eigenvalue weighted by Crippen LogP contribution is -2.55. The Balaban J connectivity index is 4.37. The Bertz CT molecular complexity index is 438. The zero-order valence-corrected chi connectivity index (χ0v) is 13.2. The maximum Gasteiger partial charge on any atom is 0.322 e. The Morgan fingerprint density at radius 3 is 1.82 bits per heavy atom. The summed E-state index contributed by atoms with van der Waals surface area (Å²) in [4.78, 5) is 45.5. The molecule has 0 bridgehead atoms. The molecule has 126 valence electrons. The third-order valence-corrected chi connectivity index (χ3v) is 2.94. The second kappa shape index (κ2) is 8.98. The number of nitrogens with two attached hydrogens (primary N) is 1. The van der Waals surface area contributed by atoms with Crippen molar-refractivity contribution in [3.8, 4) is 0 Å². The molecule has 22 heavy (non-hydrogen) atoms. The van der Waals surface area contributed by atoms with Crippen LogP contribution in [0.1, 0.15) is 27.7 Å². The molecule has 0 aliphatic heterocycles. The third-order valence-electron chi connectivity index (χ3n) is 2.94. The van der Waals surface area contributed by atoms with Crippen LogP contribution in [0.15, 0.2) is 0 Å². The van der Waals surface area contributed by atoms with Crippen molar-refractivity contribution in [1.82, 2.24) is 16.0 Å². The van der Waals surface area contributed by atoms with Crippen molar-refractivity contribution < 1.29 is 24.3 Å². The summed E-state index contributed by atoms with van der Waals surface area (Å²) in [6, 6.07) is -2.52. The summed E-state index contributed by atoms with van der Waals surface area (Å²) >= 11 is 0. The van der Waals surface area contributed by atoms with Gasteiger partial charge in [0.05, 0.1) is 6.04 Å². The second-order valence-electron chi connectivity index (χ2n) is 5.34.